The zero-order chi connectivity index (χ0) is 18.0. The summed E-state index contributed by atoms with van der Waals surface area (Å²) in [5, 5.41) is 6.70. The van der Waals surface area contributed by atoms with Crippen LogP contribution in [0.1, 0.15) is 32.9 Å². The number of nitrogens with one attached hydrogen (secondary N) is 1. The third kappa shape index (κ3) is 3.94. The Morgan fingerprint density at radius 1 is 0.960 bits per heavy atom. The van der Waals surface area contributed by atoms with Crippen LogP contribution in [0.4, 0.5) is 5.69 Å². The zero-order valence-corrected chi connectivity index (χ0v) is 15.5. The van der Waals surface area contributed by atoms with Crippen LogP contribution >= 0.6 is 11.8 Å². The summed E-state index contributed by atoms with van der Waals surface area (Å²) in [6.45, 7) is 7.72. The molecule has 1 aromatic heterocycles. The highest BCUT2D eigenvalue weighted by atomic mass is 32.2. The molecule has 0 unspecified atom stereocenters. The van der Waals surface area contributed by atoms with Crippen LogP contribution in [0.25, 0.3) is 0 Å². The number of hydrogen-bond donors (Lipinski definition) is 1. The molecule has 0 atom stereocenters. The van der Waals surface area contributed by atoms with Crippen molar-refractivity contribution in [3.63, 3.8) is 0 Å². The number of benzene rings is 2. The standard InChI is InChI=1S/C20H20N2O2S/c1-12-5-8-18(11-13(12)2)25-17-9-6-16(7-10-17)21-20(23)19-14(3)22-24-15(19)4/h5-11H,1-4H3,(H,21,23). The van der Waals surface area contributed by atoms with E-state index in [1.54, 1.807) is 25.6 Å². The molecule has 0 fully saturated rings. The molecule has 128 valence electrons. The van der Waals surface area contributed by atoms with Crippen LogP contribution in [-0.2, 0) is 0 Å². The Balaban J connectivity index is 1.70. The van der Waals surface area contributed by atoms with Crippen molar-refractivity contribution in [1.29, 1.82) is 0 Å². The van der Waals surface area contributed by atoms with Crippen molar-refractivity contribution in [3.8, 4) is 0 Å². The first kappa shape index (κ1) is 17.3. The Bertz CT molecular complexity index is 894. The number of rotatable bonds is 4. The van der Waals surface area contributed by atoms with E-state index < -0.39 is 0 Å². The summed E-state index contributed by atoms with van der Waals surface area (Å²) in [5.41, 5.74) is 4.41. The monoisotopic (exact) mass is 352 g/mol. The van der Waals surface area contributed by atoms with E-state index in [-0.39, 0.29) is 5.91 Å². The quantitative estimate of drug-likeness (QED) is 0.691. The molecule has 0 radical (unpaired) electrons. The minimum absolute atomic E-state index is 0.203. The van der Waals surface area contributed by atoms with Crippen LogP contribution in [0.3, 0.4) is 0 Å². The smallest absolute Gasteiger partial charge is 0.261 e. The molecule has 2 aromatic carbocycles. The molecule has 1 N–H and O–H groups in total. The highest BCUT2D eigenvalue weighted by Crippen LogP contribution is 2.30. The molecular formula is C20H20N2O2S. The fourth-order valence-electron chi connectivity index (χ4n) is 2.52. The van der Waals surface area contributed by atoms with Crippen LogP contribution < -0.4 is 5.32 Å². The van der Waals surface area contributed by atoms with Gasteiger partial charge in [0.1, 0.15) is 11.3 Å². The lowest BCUT2D eigenvalue weighted by Crippen LogP contribution is -2.13. The molecule has 5 heteroatoms. The normalized spacial score (nSPS) is 10.7. The van der Waals surface area contributed by atoms with E-state index in [0.29, 0.717) is 17.0 Å². The summed E-state index contributed by atoms with van der Waals surface area (Å²) in [7, 11) is 0. The van der Waals surface area contributed by atoms with Gasteiger partial charge in [-0.25, -0.2) is 0 Å². The lowest BCUT2D eigenvalue weighted by molar-refractivity contribution is 0.102. The van der Waals surface area contributed by atoms with Crippen molar-refractivity contribution in [1.82, 2.24) is 5.16 Å². The lowest BCUT2D eigenvalue weighted by atomic mass is 10.1. The summed E-state index contributed by atoms with van der Waals surface area (Å²) in [5.74, 6) is 0.322. The Morgan fingerprint density at radius 3 is 2.24 bits per heavy atom. The minimum Gasteiger partial charge on any atom is -0.361 e. The second kappa shape index (κ2) is 7.15. The molecule has 25 heavy (non-hydrogen) atoms. The molecule has 3 rings (SSSR count). The average Bonchev–Trinajstić information content (AvgIpc) is 2.91. The van der Waals surface area contributed by atoms with Gasteiger partial charge in [-0.1, -0.05) is 23.0 Å². The van der Waals surface area contributed by atoms with Crippen LogP contribution in [0.2, 0.25) is 0 Å². The van der Waals surface area contributed by atoms with Gasteiger partial charge in [0.2, 0.25) is 0 Å². The first-order valence-electron chi connectivity index (χ1n) is 8.03. The minimum atomic E-state index is -0.203. The number of carbonyl (C=O) groups is 1. The summed E-state index contributed by atoms with van der Waals surface area (Å²) >= 11 is 1.70. The molecule has 0 saturated heterocycles. The predicted molar refractivity (Wildman–Crippen MR) is 100 cm³/mol. The van der Waals surface area contributed by atoms with E-state index in [2.05, 4.69) is 42.5 Å². The summed E-state index contributed by atoms with van der Waals surface area (Å²) in [6.07, 6.45) is 0. The number of aromatic nitrogens is 1. The molecule has 1 amide bonds. The van der Waals surface area contributed by atoms with Gasteiger partial charge in [-0.2, -0.15) is 0 Å². The van der Waals surface area contributed by atoms with Crippen molar-refractivity contribution in [3.05, 3.63) is 70.6 Å². The molecule has 0 saturated carbocycles. The van der Waals surface area contributed by atoms with Crippen molar-refractivity contribution < 1.29 is 9.32 Å². The SMILES string of the molecule is Cc1ccc(Sc2ccc(NC(=O)c3c(C)noc3C)cc2)cc1C. The molecule has 0 bridgehead atoms. The number of amides is 1. The fraction of sp³-hybridized carbons (Fsp3) is 0.200. The van der Waals surface area contributed by atoms with Crippen LogP contribution in [0.5, 0.6) is 0 Å². The Morgan fingerprint density at radius 2 is 1.64 bits per heavy atom. The van der Waals surface area contributed by atoms with E-state index in [9.17, 15) is 4.79 Å². The average molecular weight is 352 g/mol. The van der Waals surface area contributed by atoms with E-state index >= 15 is 0 Å². The third-order valence-electron chi connectivity index (χ3n) is 4.09. The maximum atomic E-state index is 12.3. The van der Waals surface area contributed by atoms with Crippen LogP contribution in [0.15, 0.2) is 56.8 Å². The number of anilines is 1. The van der Waals surface area contributed by atoms with Gasteiger partial charge in [-0.3, -0.25) is 4.79 Å². The Hall–Kier alpha value is -2.53. The summed E-state index contributed by atoms with van der Waals surface area (Å²) < 4.78 is 5.04. The lowest BCUT2D eigenvalue weighted by Gasteiger charge is -2.07. The summed E-state index contributed by atoms with van der Waals surface area (Å²) in [4.78, 5) is 14.7. The molecule has 0 aliphatic carbocycles. The van der Waals surface area contributed by atoms with Crippen LogP contribution in [0, 0.1) is 27.7 Å². The second-order valence-corrected chi connectivity index (χ2v) is 7.17. The zero-order valence-electron chi connectivity index (χ0n) is 14.7. The van der Waals surface area contributed by atoms with Crippen molar-refractivity contribution in [2.24, 2.45) is 0 Å². The van der Waals surface area contributed by atoms with Gasteiger partial charge in [-0.15, -0.1) is 0 Å². The third-order valence-corrected chi connectivity index (χ3v) is 5.08. The van der Waals surface area contributed by atoms with E-state index in [0.717, 1.165) is 10.6 Å². The van der Waals surface area contributed by atoms with Crippen molar-refractivity contribution in [2.45, 2.75) is 37.5 Å². The van der Waals surface area contributed by atoms with E-state index in [4.69, 9.17) is 4.52 Å². The van der Waals surface area contributed by atoms with Crippen molar-refractivity contribution >= 4 is 23.4 Å². The first-order valence-corrected chi connectivity index (χ1v) is 8.85. The first-order chi connectivity index (χ1) is 11.9. The molecule has 0 spiro atoms. The fourth-order valence-corrected chi connectivity index (χ4v) is 3.44. The van der Waals surface area contributed by atoms with Gasteiger partial charge >= 0.3 is 0 Å². The van der Waals surface area contributed by atoms with Gasteiger partial charge in [-0.05, 0) is 75.2 Å². The molecule has 0 aliphatic heterocycles. The second-order valence-electron chi connectivity index (χ2n) is 6.03. The molecular weight excluding hydrogens is 332 g/mol. The number of aryl methyl sites for hydroxylation is 4. The maximum absolute atomic E-state index is 12.3. The largest absolute Gasteiger partial charge is 0.361 e. The van der Waals surface area contributed by atoms with E-state index in [1.165, 1.54) is 16.0 Å². The van der Waals surface area contributed by atoms with Crippen LogP contribution in [-0.4, -0.2) is 11.1 Å². The molecule has 1 heterocycles. The van der Waals surface area contributed by atoms with Gasteiger partial charge < -0.3 is 9.84 Å². The molecule has 3 aromatic rings. The number of hydrogen-bond acceptors (Lipinski definition) is 4. The summed E-state index contributed by atoms with van der Waals surface area (Å²) in [6, 6.07) is 14.3. The Kier molecular flexibility index (Phi) is 4.95. The number of nitrogens with zero attached hydrogens (tertiary/aromatic N) is 1. The van der Waals surface area contributed by atoms with Gasteiger partial charge in [0.15, 0.2) is 0 Å². The topological polar surface area (TPSA) is 55.1 Å². The number of carbonyl (C=O) groups excluding carboxylic acids is 1. The van der Waals surface area contributed by atoms with E-state index in [1.807, 2.05) is 24.3 Å². The highest BCUT2D eigenvalue weighted by molar-refractivity contribution is 7.99. The van der Waals surface area contributed by atoms with Gasteiger partial charge in [0, 0.05) is 15.5 Å². The highest BCUT2D eigenvalue weighted by Gasteiger charge is 2.17. The predicted octanol–water partition coefficient (Wildman–Crippen LogP) is 5.31. The van der Waals surface area contributed by atoms with Gasteiger partial charge in [0.05, 0.1) is 5.69 Å². The maximum Gasteiger partial charge on any atom is 0.261 e. The Labute approximate surface area is 151 Å². The van der Waals surface area contributed by atoms with Crippen molar-refractivity contribution in [2.75, 3.05) is 5.32 Å². The molecule has 0 aliphatic rings. The van der Waals surface area contributed by atoms with Gasteiger partial charge in [0.25, 0.3) is 5.91 Å². The molecule has 4 nitrogen and oxygen atoms in total.